The van der Waals surface area contributed by atoms with Gasteiger partial charge in [-0.2, -0.15) is 0 Å². The molecular formula is C15H14N2S. The average molecular weight is 254 g/mol. The van der Waals surface area contributed by atoms with Crippen molar-refractivity contribution in [3.05, 3.63) is 46.8 Å². The van der Waals surface area contributed by atoms with Crippen LogP contribution in [0.5, 0.6) is 0 Å². The van der Waals surface area contributed by atoms with Gasteiger partial charge in [-0.1, -0.05) is 32.0 Å². The van der Waals surface area contributed by atoms with E-state index in [9.17, 15) is 0 Å². The number of benzene rings is 1. The number of hydrogen-bond acceptors (Lipinski definition) is 3. The van der Waals surface area contributed by atoms with Crippen LogP contribution in [-0.4, -0.2) is 9.97 Å². The fourth-order valence-electron chi connectivity index (χ4n) is 2.15. The molecule has 0 unspecified atom stereocenters. The standard InChI is InChI=1S/C15H14N2S/c1-10(2)12-7-14(15-8-18-9-16-15)17-13-6-4-3-5-11(12)13/h3-10H,1-2H3. The molecule has 2 nitrogen and oxygen atoms in total. The second kappa shape index (κ2) is 4.50. The second-order valence-electron chi connectivity index (χ2n) is 4.64. The van der Waals surface area contributed by atoms with Gasteiger partial charge in [-0.3, -0.25) is 0 Å². The molecule has 0 N–H and O–H groups in total. The molecule has 0 fully saturated rings. The van der Waals surface area contributed by atoms with Gasteiger partial charge >= 0.3 is 0 Å². The molecule has 90 valence electrons. The van der Waals surface area contributed by atoms with Crippen LogP contribution in [0.3, 0.4) is 0 Å². The summed E-state index contributed by atoms with van der Waals surface area (Å²) in [6.07, 6.45) is 0. The third-order valence-corrected chi connectivity index (χ3v) is 3.65. The van der Waals surface area contributed by atoms with E-state index in [2.05, 4.69) is 43.1 Å². The molecule has 1 aromatic carbocycles. The Kier molecular flexibility index (Phi) is 2.84. The first-order valence-corrected chi connectivity index (χ1v) is 6.98. The molecule has 0 aliphatic heterocycles. The van der Waals surface area contributed by atoms with Crippen LogP contribution in [0.4, 0.5) is 0 Å². The highest BCUT2D eigenvalue weighted by Gasteiger charge is 2.10. The molecule has 0 bridgehead atoms. The minimum atomic E-state index is 0.482. The number of pyridine rings is 1. The normalized spacial score (nSPS) is 11.3. The van der Waals surface area contributed by atoms with E-state index in [4.69, 9.17) is 4.98 Å². The molecule has 0 atom stereocenters. The predicted octanol–water partition coefficient (Wildman–Crippen LogP) is 4.48. The summed E-state index contributed by atoms with van der Waals surface area (Å²) in [6, 6.07) is 10.5. The monoisotopic (exact) mass is 254 g/mol. The summed E-state index contributed by atoms with van der Waals surface area (Å²) in [5.41, 5.74) is 6.17. The van der Waals surface area contributed by atoms with Crippen LogP contribution in [0.25, 0.3) is 22.3 Å². The summed E-state index contributed by atoms with van der Waals surface area (Å²) in [5, 5.41) is 3.28. The van der Waals surface area contributed by atoms with Gasteiger partial charge in [0.2, 0.25) is 0 Å². The predicted molar refractivity (Wildman–Crippen MR) is 76.9 cm³/mol. The van der Waals surface area contributed by atoms with E-state index < -0.39 is 0 Å². The van der Waals surface area contributed by atoms with Gasteiger partial charge in [-0.05, 0) is 23.6 Å². The summed E-state index contributed by atoms with van der Waals surface area (Å²) in [6.45, 7) is 4.43. The molecular weight excluding hydrogens is 240 g/mol. The smallest absolute Gasteiger partial charge is 0.0995 e. The number of para-hydroxylation sites is 1. The minimum absolute atomic E-state index is 0.482. The maximum Gasteiger partial charge on any atom is 0.0995 e. The summed E-state index contributed by atoms with van der Waals surface area (Å²) in [5.74, 6) is 0.482. The van der Waals surface area contributed by atoms with Gasteiger partial charge in [-0.15, -0.1) is 11.3 Å². The Morgan fingerprint density at radius 3 is 2.67 bits per heavy atom. The molecule has 3 rings (SSSR count). The molecule has 0 aliphatic carbocycles. The van der Waals surface area contributed by atoms with E-state index in [0.29, 0.717) is 5.92 Å². The van der Waals surface area contributed by atoms with E-state index in [1.165, 1.54) is 10.9 Å². The Morgan fingerprint density at radius 1 is 1.11 bits per heavy atom. The van der Waals surface area contributed by atoms with E-state index in [0.717, 1.165) is 16.9 Å². The van der Waals surface area contributed by atoms with Crippen molar-refractivity contribution in [2.24, 2.45) is 0 Å². The highest BCUT2D eigenvalue weighted by Crippen LogP contribution is 2.29. The number of rotatable bonds is 2. The quantitative estimate of drug-likeness (QED) is 0.673. The van der Waals surface area contributed by atoms with Gasteiger partial charge in [0.1, 0.15) is 0 Å². The zero-order chi connectivity index (χ0) is 12.5. The Morgan fingerprint density at radius 2 is 1.94 bits per heavy atom. The van der Waals surface area contributed by atoms with Gasteiger partial charge in [0.05, 0.1) is 22.4 Å². The molecule has 0 aliphatic rings. The van der Waals surface area contributed by atoms with E-state index in [-0.39, 0.29) is 0 Å². The minimum Gasteiger partial charge on any atom is -0.246 e. The maximum absolute atomic E-state index is 4.70. The first-order valence-electron chi connectivity index (χ1n) is 6.04. The van der Waals surface area contributed by atoms with Crippen molar-refractivity contribution in [2.45, 2.75) is 19.8 Å². The number of hydrogen-bond donors (Lipinski definition) is 0. The molecule has 18 heavy (non-hydrogen) atoms. The van der Waals surface area contributed by atoms with E-state index >= 15 is 0 Å². The molecule has 2 heterocycles. The summed E-state index contributed by atoms with van der Waals surface area (Å²) >= 11 is 1.60. The van der Waals surface area contributed by atoms with Crippen molar-refractivity contribution in [1.29, 1.82) is 0 Å². The van der Waals surface area contributed by atoms with Crippen molar-refractivity contribution < 1.29 is 0 Å². The lowest BCUT2D eigenvalue weighted by Gasteiger charge is -2.11. The van der Waals surface area contributed by atoms with Crippen LogP contribution in [0.15, 0.2) is 41.2 Å². The lowest BCUT2D eigenvalue weighted by Crippen LogP contribution is -1.94. The van der Waals surface area contributed by atoms with Gasteiger partial charge in [0, 0.05) is 10.8 Å². The molecule has 0 spiro atoms. The van der Waals surface area contributed by atoms with Crippen LogP contribution < -0.4 is 0 Å². The van der Waals surface area contributed by atoms with Gasteiger partial charge in [-0.25, -0.2) is 9.97 Å². The second-order valence-corrected chi connectivity index (χ2v) is 5.36. The van der Waals surface area contributed by atoms with Crippen molar-refractivity contribution >= 4 is 22.2 Å². The lowest BCUT2D eigenvalue weighted by molar-refractivity contribution is 0.874. The fourth-order valence-corrected chi connectivity index (χ4v) is 2.70. The van der Waals surface area contributed by atoms with Crippen LogP contribution in [0.1, 0.15) is 25.3 Å². The third-order valence-electron chi connectivity index (χ3n) is 3.06. The molecule has 0 saturated heterocycles. The maximum atomic E-state index is 4.70. The zero-order valence-corrected chi connectivity index (χ0v) is 11.2. The molecule has 3 aromatic rings. The number of aromatic nitrogens is 2. The Hall–Kier alpha value is -1.74. The highest BCUT2D eigenvalue weighted by molar-refractivity contribution is 7.07. The van der Waals surface area contributed by atoms with Gasteiger partial charge in [0.15, 0.2) is 0 Å². The van der Waals surface area contributed by atoms with Crippen molar-refractivity contribution in [1.82, 2.24) is 9.97 Å². The highest BCUT2D eigenvalue weighted by atomic mass is 32.1. The molecule has 2 aromatic heterocycles. The van der Waals surface area contributed by atoms with Crippen LogP contribution in [0.2, 0.25) is 0 Å². The Bertz CT molecular complexity index is 672. The third kappa shape index (κ3) is 1.91. The van der Waals surface area contributed by atoms with Crippen molar-refractivity contribution in [3.63, 3.8) is 0 Å². The summed E-state index contributed by atoms with van der Waals surface area (Å²) in [7, 11) is 0. The molecule has 0 saturated carbocycles. The first kappa shape index (κ1) is 11.4. The summed E-state index contributed by atoms with van der Waals surface area (Å²) < 4.78 is 0. The van der Waals surface area contributed by atoms with Crippen LogP contribution >= 0.6 is 11.3 Å². The lowest BCUT2D eigenvalue weighted by atomic mass is 9.97. The largest absolute Gasteiger partial charge is 0.246 e. The average Bonchev–Trinajstić information content (AvgIpc) is 2.91. The van der Waals surface area contributed by atoms with E-state index in [1.54, 1.807) is 11.3 Å². The summed E-state index contributed by atoms with van der Waals surface area (Å²) in [4.78, 5) is 9.05. The molecule has 3 heteroatoms. The van der Waals surface area contributed by atoms with Crippen molar-refractivity contribution in [3.8, 4) is 11.4 Å². The fraction of sp³-hybridized carbons (Fsp3) is 0.200. The number of nitrogens with zero attached hydrogens (tertiary/aromatic N) is 2. The Labute approximate surface area is 110 Å². The van der Waals surface area contributed by atoms with E-state index in [1.807, 2.05) is 17.0 Å². The van der Waals surface area contributed by atoms with Gasteiger partial charge in [0.25, 0.3) is 0 Å². The van der Waals surface area contributed by atoms with Gasteiger partial charge < -0.3 is 0 Å². The number of fused-ring (bicyclic) bond motifs is 1. The molecule has 0 amide bonds. The SMILES string of the molecule is CC(C)c1cc(-c2cscn2)nc2ccccc12. The zero-order valence-electron chi connectivity index (χ0n) is 10.4. The van der Waals surface area contributed by atoms with Crippen molar-refractivity contribution in [2.75, 3.05) is 0 Å². The Balaban J connectivity index is 2.30. The number of thiazole rings is 1. The van der Waals surface area contributed by atoms with Crippen LogP contribution in [-0.2, 0) is 0 Å². The van der Waals surface area contributed by atoms with Crippen LogP contribution in [0, 0.1) is 0 Å². The first-order chi connectivity index (χ1) is 8.75. The topological polar surface area (TPSA) is 25.8 Å². The molecule has 0 radical (unpaired) electrons.